The fourth-order valence-corrected chi connectivity index (χ4v) is 2.27. The highest BCUT2D eigenvalue weighted by Crippen LogP contribution is 2.19. The van der Waals surface area contributed by atoms with E-state index in [-0.39, 0.29) is 5.91 Å². The van der Waals surface area contributed by atoms with Crippen LogP contribution in [0, 0.1) is 6.92 Å². The van der Waals surface area contributed by atoms with E-state index < -0.39 is 0 Å². The summed E-state index contributed by atoms with van der Waals surface area (Å²) in [6, 6.07) is 9.58. The van der Waals surface area contributed by atoms with Crippen LogP contribution in [0.2, 0.25) is 5.02 Å². The molecule has 2 aromatic rings. The minimum absolute atomic E-state index is 0.145. The van der Waals surface area contributed by atoms with Crippen molar-refractivity contribution in [2.45, 2.75) is 32.4 Å². The SMILES string of the molecule is Cc1cc(C(=O)NC2CC2)nc(NCc2ccccc2Cl)n1. The molecule has 3 rings (SSSR count). The Bertz CT molecular complexity index is 700. The van der Waals surface area contributed by atoms with Crippen molar-refractivity contribution in [3.05, 3.63) is 52.3 Å². The Morgan fingerprint density at radius 3 is 2.82 bits per heavy atom. The van der Waals surface area contributed by atoms with Gasteiger partial charge >= 0.3 is 0 Å². The molecule has 0 saturated heterocycles. The lowest BCUT2D eigenvalue weighted by Gasteiger charge is -2.09. The number of aryl methyl sites for hydroxylation is 1. The molecule has 2 N–H and O–H groups in total. The zero-order valence-corrected chi connectivity index (χ0v) is 13.0. The number of hydrogen-bond acceptors (Lipinski definition) is 4. The molecule has 0 spiro atoms. The Morgan fingerprint density at radius 1 is 1.32 bits per heavy atom. The number of nitrogens with zero attached hydrogens (tertiary/aromatic N) is 2. The number of rotatable bonds is 5. The molecule has 1 saturated carbocycles. The topological polar surface area (TPSA) is 66.9 Å². The van der Waals surface area contributed by atoms with Gasteiger partial charge in [0.05, 0.1) is 0 Å². The van der Waals surface area contributed by atoms with E-state index >= 15 is 0 Å². The third-order valence-corrected chi connectivity index (χ3v) is 3.76. The van der Waals surface area contributed by atoms with E-state index in [1.54, 1.807) is 6.07 Å². The maximum atomic E-state index is 12.1. The van der Waals surface area contributed by atoms with Gasteiger partial charge < -0.3 is 10.6 Å². The van der Waals surface area contributed by atoms with Crippen LogP contribution in [0.15, 0.2) is 30.3 Å². The third-order valence-electron chi connectivity index (χ3n) is 3.39. The molecule has 0 aliphatic heterocycles. The van der Waals surface area contributed by atoms with Gasteiger partial charge in [0.25, 0.3) is 5.91 Å². The second-order valence-corrected chi connectivity index (χ2v) is 5.82. The molecule has 1 fully saturated rings. The molecule has 0 bridgehead atoms. The van der Waals surface area contributed by atoms with E-state index in [2.05, 4.69) is 20.6 Å². The molecular weight excluding hydrogens is 300 g/mol. The van der Waals surface area contributed by atoms with E-state index in [1.165, 1.54) is 0 Å². The highest BCUT2D eigenvalue weighted by molar-refractivity contribution is 6.31. The predicted molar refractivity (Wildman–Crippen MR) is 86.0 cm³/mol. The minimum atomic E-state index is -0.145. The molecule has 5 nitrogen and oxygen atoms in total. The van der Waals surface area contributed by atoms with Gasteiger partial charge in [0.1, 0.15) is 5.69 Å². The molecule has 1 aromatic carbocycles. The molecular formula is C16H17ClN4O. The standard InChI is InChI=1S/C16H17ClN4O/c1-10-8-14(15(22)20-12-6-7-12)21-16(19-10)18-9-11-4-2-3-5-13(11)17/h2-5,8,12H,6-7,9H2,1H3,(H,20,22)(H,18,19,21). The molecule has 0 atom stereocenters. The van der Waals surface area contributed by atoms with Gasteiger partial charge in [-0.2, -0.15) is 0 Å². The van der Waals surface area contributed by atoms with E-state index in [4.69, 9.17) is 11.6 Å². The number of carbonyl (C=O) groups excluding carboxylic acids is 1. The van der Waals surface area contributed by atoms with Gasteiger partial charge in [-0.1, -0.05) is 29.8 Å². The Kier molecular flexibility index (Phi) is 4.24. The monoisotopic (exact) mass is 316 g/mol. The van der Waals surface area contributed by atoms with Crippen molar-refractivity contribution < 1.29 is 4.79 Å². The number of halogens is 1. The summed E-state index contributed by atoms with van der Waals surface area (Å²) < 4.78 is 0. The van der Waals surface area contributed by atoms with Crippen LogP contribution in [-0.4, -0.2) is 21.9 Å². The Hall–Kier alpha value is -2.14. The number of amides is 1. The van der Waals surface area contributed by atoms with Gasteiger partial charge in [0.2, 0.25) is 5.95 Å². The molecule has 0 radical (unpaired) electrons. The number of benzene rings is 1. The van der Waals surface area contributed by atoms with E-state index in [1.807, 2.05) is 31.2 Å². The van der Waals surface area contributed by atoms with E-state index in [9.17, 15) is 4.79 Å². The van der Waals surface area contributed by atoms with Crippen LogP contribution in [0.3, 0.4) is 0 Å². The van der Waals surface area contributed by atoms with Crippen LogP contribution in [0.1, 0.15) is 34.6 Å². The summed E-state index contributed by atoms with van der Waals surface area (Å²) >= 11 is 6.12. The fraction of sp³-hybridized carbons (Fsp3) is 0.312. The van der Waals surface area contributed by atoms with Crippen molar-refractivity contribution in [3.63, 3.8) is 0 Å². The van der Waals surface area contributed by atoms with Crippen molar-refractivity contribution in [2.75, 3.05) is 5.32 Å². The summed E-state index contributed by atoms with van der Waals surface area (Å²) in [4.78, 5) is 20.7. The average molecular weight is 317 g/mol. The lowest BCUT2D eigenvalue weighted by molar-refractivity contribution is 0.0946. The molecule has 1 aromatic heterocycles. The average Bonchev–Trinajstić information content (AvgIpc) is 3.30. The summed E-state index contributed by atoms with van der Waals surface area (Å²) in [5.74, 6) is 0.287. The Balaban J connectivity index is 1.71. The van der Waals surface area contributed by atoms with Gasteiger partial charge in [-0.3, -0.25) is 4.79 Å². The van der Waals surface area contributed by atoms with Crippen LogP contribution in [0.4, 0.5) is 5.95 Å². The Morgan fingerprint density at radius 2 is 2.09 bits per heavy atom. The van der Waals surface area contributed by atoms with Crippen molar-refractivity contribution in [1.29, 1.82) is 0 Å². The van der Waals surface area contributed by atoms with Crippen LogP contribution in [0.25, 0.3) is 0 Å². The van der Waals surface area contributed by atoms with Crippen LogP contribution in [0.5, 0.6) is 0 Å². The first-order chi connectivity index (χ1) is 10.6. The molecule has 1 aliphatic rings. The number of aromatic nitrogens is 2. The van der Waals surface area contributed by atoms with Crippen LogP contribution in [-0.2, 0) is 6.54 Å². The highest BCUT2D eigenvalue weighted by Gasteiger charge is 2.24. The van der Waals surface area contributed by atoms with Crippen molar-refractivity contribution in [3.8, 4) is 0 Å². The fourth-order valence-electron chi connectivity index (χ4n) is 2.07. The lowest BCUT2D eigenvalue weighted by atomic mass is 10.2. The number of anilines is 1. The quantitative estimate of drug-likeness (QED) is 0.890. The number of nitrogens with one attached hydrogen (secondary N) is 2. The summed E-state index contributed by atoms with van der Waals surface area (Å²) in [5.41, 5.74) is 2.09. The van der Waals surface area contributed by atoms with Gasteiger partial charge in [-0.25, -0.2) is 9.97 Å². The minimum Gasteiger partial charge on any atom is -0.350 e. The summed E-state index contributed by atoms with van der Waals surface area (Å²) in [6.07, 6.45) is 2.10. The molecule has 0 unspecified atom stereocenters. The highest BCUT2D eigenvalue weighted by atomic mass is 35.5. The third kappa shape index (κ3) is 3.74. The summed E-state index contributed by atoms with van der Waals surface area (Å²) in [7, 11) is 0. The van der Waals surface area contributed by atoms with Gasteiger partial charge in [-0.15, -0.1) is 0 Å². The molecule has 1 aliphatic carbocycles. The lowest BCUT2D eigenvalue weighted by Crippen LogP contribution is -2.26. The number of carbonyl (C=O) groups is 1. The first-order valence-electron chi connectivity index (χ1n) is 7.25. The van der Waals surface area contributed by atoms with Gasteiger partial charge in [0.15, 0.2) is 0 Å². The molecule has 6 heteroatoms. The van der Waals surface area contributed by atoms with Gasteiger partial charge in [0, 0.05) is 23.3 Å². The molecule has 1 amide bonds. The molecule has 114 valence electrons. The maximum Gasteiger partial charge on any atom is 0.270 e. The normalized spacial score (nSPS) is 13.7. The molecule has 1 heterocycles. The summed E-state index contributed by atoms with van der Waals surface area (Å²) in [5, 5.41) is 6.74. The maximum absolute atomic E-state index is 12.1. The Labute approximate surface area is 134 Å². The van der Waals surface area contributed by atoms with E-state index in [0.717, 1.165) is 24.1 Å². The second-order valence-electron chi connectivity index (χ2n) is 5.41. The van der Waals surface area contributed by atoms with Crippen LogP contribution >= 0.6 is 11.6 Å². The van der Waals surface area contributed by atoms with Crippen molar-refractivity contribution in [1.82, 2.24) is 15.3 Å². The first kappa shape index (κ1) is 14.8. The summed E-state index contributed by atoms with van der Waals surface area (Å²) in [6.45, 7) is 2.35. The zero-order chi connectivity index (χ0) is 15.5. The van der Waals surface area contributed by atoms with Crippen molar-refractivity contribution >= 4 is 23.5 Å². The zero-order valence-electron chi connectivity index (χ0n) is 12.3. The van der Waals surface area contributed by atoms with E-state index in [0.29, 0.717) is 29.3 Å². The predicted octanol–water partition coefficient (Wildman–Crippen LogP) is 2.94. The van der Waals surface area contributed by atoms with Gasteiger partial charge in [-0.05, 0) is 37.5 Å². The first-order valence-corrected chi connectivity index (χ1v) is 7.63. The second kappa shape index (κ2) is 6.32. The molecule has 22 heavy (non-hydrogen) atoms. The van der Waals surface area contributed by atoms with Crippen molar-refractivity contribution in [2.24, 2.45) is 0 Å². The number of hydrogen-bond donors (Lipinski definition) is 2. The smallest absolute Gasteiger partial charge is 0.270 e. The van der Waals surface area contributed by atoms with Crippen LogP contribution < -0.4 is 10.6 Å². The largest absolute Gasteiger partial charge is 0.350 e.